The lowest BCUT2D eigenvalue weighted by atomic mass is 9.70. The molecule has 0 amide bonds. The third kappa shape index (κ3) is 2.82. The van der Waals surface area contributed by atoms with Gasteiger partial charge in [0.25, 0.3) is 0 Å². The molecule has 2 saturated heterocycles. The molecule has 0 aliphatic carbocycles. The first kappa shape index (κ1) is 13.7. The van der Waals surface area contributed by atoms with Gasteiger partial charge in [0.1, 0.15) is 0 Å². The molecule has 2 heterocycles. The van der Waals surface area contributed by atoms with Crippen molar-refractivity contribution in [3.05, 3.63) is 0 Å². The van der Waals surface area contributed by atoms with E-state index in [0.29, 0.717) is 12.0 Å². The molecule has 100 valence electrons. The summed E-state index contributed by atoms with van der Waals surface area (Å²) in [5.74, 6) is 3.10. The molecule has 0 aromatic heterocycles. The van der Waals surface area contributed by atoms with Gasteiger partial charge in [-0.2, -0.15) is 11.8 Å². The predicted octanol–water partition coefficient (Wildman–Crippen LogP) is 3.05. The average Bonchev–Trinajstić information content (AvgIpc) is 2.76. The van der Waals surface area contributed by atoms with Crippen molar-refractivity contribution in [3.8, 4) is 0 Å². The van der Waals surface area contributed by atoms with Gasteiger partial charge in [-0.05, 0) is 42.8 Å². The van der Waals surface area contributed by atoms with Crippen molar-refractivity contribution >= 4 is 11.8 Å². The van der Waals surface area contributed by atoms with Crippen LogP contribution in [0.2, 0.25) is 0 Å². The lowest BCUT2D eigenvalue weighted by Gasteiger charge is -2.44. The topological polar surface area (TPSA) is 35.2 Å². The Morgan fingerprint density at radius 2 is 2.29 bits per heavy atom. The van der Waals surface area contributed by atoms with Crippen LogP contribution < -0.4 is 5.73 Å². The van der Waals surface area contributed by atoms with Crippen molar-refractivity contribution in [2.24, 2.45) is 17.1 Å². The predicted molar refractivity (Wildman–Crippen MR) is 75.4 cm³/mol. The van der Waals surface area contributed by atoms with Crippen LogP contribution in [-0.4, -0.2) is 29.8 Å². The van der Waals surface area contributed by atoms with Gasteiger partial charge in [-0.3, -0.25) is 0 Å². The Hall–Kier alpha value is 0.270. The van der Waals surface area contributed by atoms with Crippen LogP contribution in [0.25, 0.3) is 0 Å². The van der Waals surface area contributed by atoms with Gasteiger partial charge in [-0.1, -0.05) is 20.8 Å². The molecule has 0 radical (unpaired) electrons. The normalized spacial score (nSPS) is 36.4. The van der Waals surface area contributed by atoms with E-state index in [0.717, 1.165) is 19.4 Å². The minimum atomic E-state index is 0.176. The molecular formula is C14H27NOS. The Morgan fingerprint density at radius 1 is 1.53 bits per heavy atom. The van der Waals surface area contributed by atoms with E-state index in [1.165, 1.54) is 24.3 Å². The summed E-state index contributed by atoms with van der Waals surface area (Å²) >= 11 is 2.04. The second-order valence-corrected chi connectivity index (χ2v) is 7.56. The Kier molecular flexibility index (Phi) is 4.11. The van der Waals surface area contributed by atoms with Crippen LogP contribution in [0.1, 0.15) is 46.5 Å². The highest BCUT2D eigenvalue weighted by atomic mass is 32.2. The Labute approximate surface area is 110 Å². The molecule has 2 N–H and O–H groups in total. The number of ether oxygens (including phenoxy) is 1. The standard InChI is InChI=1S/C14H27NOS/c1-4-13(2,3)12(15)11-5-7-16-14(9-11)6-8-17-10-14/h11-12H,4-10,15H2,1-3H3. The highest BCUT2D eigenvalue weighted by Gasteiger charge is 2.44. The molecule has 3 heteroatoms. The van der Waals surface area contributed by atoms with Crippen LogP contribution >= 0.6 is 11.8 Å². The molecule has 3 unspecified atom stereocenters. The third-order valence-corrected chi connectivity index (χ3v) is 6.14. The zero-order valence-corrected chi connectivity index (χ0v) is 12.3. The number of nitrogens with two attached hydrogens (primary N) is 1. The zero-order valence-electron chi connectivity index (χ0n) is 11.5. The summed E-state index contributed by atoms with van der Waals surface area (Å²) < 4.78 is 6.08. The lowest BCUT2D eigenvalue weighted by molar-refractivity contribution is -0.0894. The lowest BCUT2D eigenvalue weighted by Crippen LogP contribution is -2.50. The monoisotopic (exact) mass is 257 g/mol. The fourth-order valence-corrected chi connectivity index (χ4v) is 4.49. The van der Waals surface area contributed by atoms with E-state index in [1.807, 2.05) is 11.8 Å². The van der Waals surface area contributed by atoms with E-state index in [2.05, 4.69) is 20.8 Å². The van der Waals surface area contributed by atoms with Crippen molar-refractivity contribution < 1.29 is 4.74 Å². The van der Waals surface area contributed by atoms with Gasteiger partial charge >= 0.3 is 0 Å². The molecule has 2 aliphatic rings. The van der Waals surface area contributed by atoms with E-state index in [9.17, 15) is 0 Å². The average molecular weight is 257 g/mol. The van der Waals surface area contributed by atoms with E-state index >= 15 is 0 Å². The summed E-state index contributed by atoms with van der Waals surface area (Å²) in [6, 6.07) is 0.318. The highest BCUT2D eigenvalue weighted by Crippen LogP contribution is 2.43. The first-order chi connectivity index (χ1) is 7.99. The highest BCUT2D eigenvalue weighted by molar-refractivity contribution is 7.99. The quantitative estimate of drug-likeness (QED) is 0.844. The van der Waals surface area contributed by atoms with E-state index in [-0.39, 0.29) is 11.0 Å². The fraction of sp³-hybridized carbons (Fsp3) is 1.00. The van der Waals surface area contributed by atoms with Crippen LogP contribution in [0.4, 0.5) is 0 Å². The SMILES string of the molecule is CCC(C)(C)C(N)C1CCOC2(CCSC2)C1. The molecule has 0 aromatic carbocycles. The summed E-state index contributed by atoms with van der Waals surface area (Å²) in [6.07, 6.45) is 4.72. The van der Waals surface area contributed by atoms with Gasteiger partial charge in [-0.15, -0.1) is 0 Å². The summed E-state index contributed by atoms with van der Waals surface area (Å²) in [5, 5.41) is 0. The molecule has 2 fully saturated rings. The molecule has 2 nitrogen and oxygen atoms in total. The Morgan fingerprint density at radius 3 is 2.88 bits per heavy atom. The largest absolute Gasteiger partial charge is 0.374 e. The van der Waals surface area contributed by atoms with Crippen molar-refractivity contribution in [1.29, 1.82) is 0 Å². The molecule has 0 saturated carbocycles. The van der Waals surface area contributed by atoms with Gasteiger partial charge in [0, 0.05) is 18.4 Å². The second-order valence-electron chi connectivity index (χ2n) is 6.45. The molecule has 1 spiro atoms. The van der Waals surface area contributed by atoms with Crippen LogP contribution in [0.15, 0.2) is 0 Å². The van der Waals surface area contributed by atoms with Crippen LogP contribution in [0, 0.1) is 11.3 Å². The molecule has 17 heavy (non-hydrogen) atoms. The summed E-state index contributed by atoms with van der Waals surface area (Å²) in [7, 11) is 0. The van der Waals surface area contributed by atoms with Crippen LogP contribution in [0.3, 0.4) is 0 Å². The molecule has 2 rings (SSSR count). The van der Waals surface area contributed by atoms with Gasteiger partial charge in [-0.25, -0.2) is 0 Å². The first-order valence-corrected chi connectivity index (χ1v) is 8.12. The van der Waals surface area contributed by atoms with E-state index < -0.39 is 0 Å². The van der Waals surface area contributed by atoms with Crippen molar-refractivity contribution in [2.45, 2.75) is 58.1 Å². The minimum absolute atomic E-state index is 0.176. The second kappa shape index (κ2) is 5.10. The van der Waals surface area contributed by atoms with Crippen molar-refractivity contribution in [1.82, 2.24) is 0 Å². The smallest absolute Gasteiger partial charge is 0.0783 e. The summed E-state index contributed by atoms with van der Waals surface area (Å²) in [4.78, 5) is 0. The number of rotatable bonds is 3. The minimum Gasteiger partial charge on any atom is -0.374 e. The summed E-state index contributed by atoms with van der Waals surface area (Å²) in [6.45, 7) is 7.78. The van der Waals surface area contributed by atoms with Crippen LogP contribution in [0.5, 0.6) is 0 Å². The van der Waals surface area contributed by atoms with Crippen molar-refractivity contribution in [3.63, 3.8) is 0 Å². The maximum atomic E-state index is 6.53. The maximum absolute atomic E-state index is 6.53. The summed E-state index contributed by atoms with van der Waals surface area (Å²) in [5.41, 5.74) is 6.96. The maximum Gasteiger partial charge on any atom is 0.0783 e. The number of hydrogen-bond acceptors (Lipinski definition) is 3. The van der Waals surface area contributed by atoms with Gasteiger partial charge in [0.05, 0.1) is 5.60 Å². The molecule has 3 atom stereocenters. The Bertz CT molecular complexity index is 261. The third-order valence-electron chi connectivity index (χ3n) is 4.92. The van der Waals surface area contributed by atoms with Gasteiger partial charge in [0.15, 0.2) is 0 Å². The zero-order chi connectivity index (χ0) is 12.5. The van der Waals surface area contributed by atoms with Crippen molar-refractivity contribution in [2.75, 3.05) is 18.1 Å². The van der Waals surface area contributed by atoms with Gasteiger partial charge in [0.2, 0.25) is 0 Å². The van der Waals surface area contributed by atoms with E-state index in [1.54, 1.807) is 0 Å². The van der Waals surface area contributed by atoms with E-state index in [4.69, 9.17) is 10.5 Å². The first-order valence-electron chi connectivity index (χ1n) is 6.96. The molecule has 0 aromatic rings. The molecule has 0 bridgehead atoms. The van der Waals surface area contributed by atoms with Crippen LogP contribution in [-0.2, 0) is 4.74 Å². The molecular weight excluding hydrogens is 230 g/mol. The Balaban J connectivity index is 2.02. The van der Waals surface area contributed by atoms with Gasteiger partial charge < -0.3 is 10.5 Å². The fourth-order valence-electron chi connectivity index (χ4n) is 3.11. The number of hydrogen-bond donors (Lipinski definition) is 1. The number of thioether (sulfide) groups is 1. The molecule has 2 aliphatic heterocycles.